The Morgan fingerprint density at radius 1 is 1.35 bits per heavy atom. The van der Waals surface area contributed by atoms with Gasteiger partial charge in [0.2, 0.25) is 4.77 Å². The van der Waals surface area contributed by atoms with Gasteiger partial charge in [0.05, 0.1) is 0 Å². The van der Waals surface area contributed by atoms with E-state index in [2.05, 4.69) is 15.6 Å². The monoisotopic (exact) mass is 256 g/mol. The van der Waals surface area contributed by atoms with Crippen LogP contribution in [0.1, 0.15) is 10.4 Å². The summed E-state index contributed by atoms with van der Waals surface area (Å²) < 4.78 is 27.0. The standard InChI is InChI=1S/C9H6F2N4OS/c10-6-1-5(2-7(11)3-6)8(16)14-15-4-12-13-9(15)17/h1-4H,(H,13,17)(H,14,16). The van der Waals surface area contributed by atoms with E-state index >= 15 is 0 Å². The van der Waals surface area contributed by atoms with Crippen molar-refractivity contribution in [3.05, 3.63) is 46.5 Å². The molecule has 5 nitrogen and oxygen atoms in total. The highest BCUT2D eigenvalue weighted by molar-refractivity contribution is 7.71. The minimum Gasteiger partial charge on any atom is -0.267 e. The highest BCUT2D eigenvalue weighted by atomic mass is 32.1. The molecule has 0 fully saturated rings. The highest BCUT2D eigenvalue weighted by Gasteiger charge is 2.09. The first kappa shape index (κ1) is 11.4. The van der Waals surface area contributed by atoms with Crippen LogP contribution in [-0.4, -0.2) is 20.8 Å². The van der Waals surface area contributed by atoms with Crippen LogP contribution in [0.3, 0.4) is 0 Å². The molecule has 17 heavy (non-hydrogen) atoms. The lowest BCUT2D eigenvalue weighted by molar-refractivity contribution is 0.101. The SMILES string of the molecule is O=C(Nn1cn[nH]c1=S)c1cc(F)cc(F)c1. The van der Waals surface area contributed by atoms with E-state index in [1.54, 1.807) is 0 Å². The number of aromatic nitrogens is 3. The molecule has 0 atom stereocenters. The number of aromatic amines is 1. The molecule has 2 N–H and O–H groups in total. The van der Waals surface area contributed by atoms with E-state index < -0.39 is 17.5 Å². The number of rotatable bonds is 2. The molecule has 1 aromatic heterocycles. The number of nitrogens with zero attached hydrogens (tertiary/aromatic N) is 2. The Morgan fingerprint density at radius 2 is 2.00 bits per heavy atom. The van der Waals surface area contributed by atoms with Gasteiger partial charge < -0.3 is 0 Å². The molecule has 0 saturated heterocycles. The van der Waals surface area contributed by atoms with Gasteiger partial charge in [0.1, 0.15) is 18.0 Å². The summed E-state index contributed by atoms with van der Waals surface area (Å²) in [4.78, 5) is 11.6. The molecule has 1 amide bonds. The first-order valence-corrected chi connectivity index (χ1v) is 4.86. The van der Waals surface area contributed by atoms with Crippen LogP contribution < -0.4 is 5.43 Å². The Labute approximate surface area is 99.1 Å². The molecule has 0 aliphatic heterocycles. The van der Waals surface area contributed by atoms with Gasteiger partial charge in [0.15, 0.2) is 0 Å². The van der Waals surface area contributed by atoms with Gasteiger partial charge in [0.25, 0.3) is 5.91 Å². The van der Waals surface area contributed by atoms with Gasteiger partial charge in [-0.1, -0.05) is 0 Å². The summed E-state index contributed by atoms with van der Waals surface area (Å²) in [5, 5.41) is 5.99. The van der Waals surface area contributed by atoms with Gasteiger partial charge >= 0.3 is 0 Å². The fraction of sp³-hybridized carbons (Fsp3) is 0. The molecule has 0 aliphatic carbocycles. The Hall–Kier alpha value is -2.09. The summed E-state index contributed by atoms with van der Waals surface area (Å²) in [5.74, 6) is -2.35. The second-order valence-electron chi connectivity index (χ2n) is 3.13. The number of hydrogen-bond acceptors (Lipinski definition) is 3. The number of carbonyl (C=O) groups excluding carboxylic acids is 1. The van der Waals surface area contributed by atoms with Crippen molar-refractivity contribution in [3.63, 3.8) is 0 Å². The zero-order chi connectivity index (χ0) is 12.4. The molecule has 0 unspecified atom stereocenters. The lowest BCUT2D eigenvalue weighted by Crippen LogP contribution is -2.22. The van der Waals surface area contributed by atoms with Crippen LogP contribution in [0, 0.1) is 16.4 Å². The number of hydrogen-bond donors (Lipinski definition) is 2. The molecule has 2 aromatic rings. The van der Waals surface area contributed by atoms with Gasteiger partial charge in [-0.2, -0.15) is 5.10 Å². The highest BCUT2D eigenvalue weighted by Crippen LogP contribution is 2.08. The third-order valence-electron chi connectivity index (χ3n) is 1.90. The molecule has 2 rings (SSSR count). The number of halogens is 2. The van der Waals surface area contributed by atoms with E-state index in [0.29, 0.717) is 6.07 Å². The number of nitrogens with one attached hydrogen (secondary N) is 2. The first-order valence-electron chi connectivity index (χ1n) is 4.46. The maximum Gasteiger partial charge on any atom is 0.270 e. The predicted octanol–water partition coefficient (Wildman–Crippen LogP) is 1.60. The minimum atomic E-state index is -0.828. The van der Waals surface area contributed by atoms with Crippen molar-refractivity contribution >= 4 is 18.1 Å². The zero-order valence-electron chi connectivity index (χ0n) is 8.28. The van der Waals surface area contributed by atoms with Crippen LogP contribution >= 0.6 is 12.2 Å². The number of amides is 1. The smallest absolute Gasteiger partial charge is 0.267 e. The molecule has 0 bridgehead atoms. The van der Waals surface area contributed by atoms with Crippen molar-refractivity contribution < 1.29 is 13.6 Å². The third kappa shape index (κ3) is 2.53. The van der Waals surface area contributed by atoms with Crippen LogP contribution in [0.15, 0.2) is 24.5 Å². The van der Waals surface area contributed by atoms with Crippen LogP contribution in [-0.2, 0) is 0 Å². The Kier molecular flexibility index (Phi) is 2.96. The normalized spacial score (nSPS) is 10.2. The van der Waals surface area contributed by atoms with Crippen molar-refractivity contribution in [3.8, 4) is 0 Å². The largest absolute Gasteiger partial charge is 0.270 e. The fourth-order valence-electron chi connectivity index (χ4n) is 1.19. The van der Waals surface area contributed by atoms with Crippen molar-refractivity contribution in [1.82, 2.24) is 14.9 Å². The van der Waals surface area contributed by atoms with Crippen molar-refractivity contribution in [1.29, 1.82) is 0 Å². The molecule has 0 saturated carbocycles. The van der Waals surface area contributed by atoms with E-state index in [9.17, 15) is 13.6 Å². The Morgan fingerprint density at radius 3 is 2.53 bits per heavy atom. The summed E-state index contributed by atoms with van der Waals surface area (Å²) in [5.41, 5.74) is 2.16. The van der Waals surface area contributed by atoms with E-state index in [0.717, 1.165) is 16.8 Å². The summed E-state index contributed by atoms with van der Waals surface area (Å²) >= 11 is 4.79. The molecule has 0 aliphatic rings. The molecule has 88 valence electrons. The summed E-state index contributed by atoms with van der Waals surface area (Å²) in [6.45, 7) is 0. The Balaban J connectivity index is 2.26. The average molecular weight is 256 g/mol. The topological polar surface area (TPSA) is 62.7 Å². The summed E-state index contributed by atoms with van der Waals surface area (Å²) in [7, 11) is 0. The van der Waals surface area contributed by atoms with E-state index in [-0.39, 0.29) is 10.3 Å². The van der Waals surface area contributed by atoms with Crippen molar-refractivity contribution in [2.45, 2.75) is 0 Å². The fourth-order valence-corrected chi connectivity index (χ4v) is 1.33. The van der Waals surface area contributed by atoms with E-state index in [4.69, 9.17) is 12.2 Å². The zero-order valence-corrected chi connectivity index (χ0v) is 9.09. The van der Waals surface area contributed by atoms with Crippen LogP contribution in [0.2, 0.25) is 0 Å². The Bertz CT molecular complexity index is 601. The minimum absolute atomic E-state index is 0.148. The molecular weight excluding hydrogens is 250 g/mol. The maximum absolute atomic E-state index is 12.9. The lowest BCUT2D eigenvalue weighted by atomic mass is 10.2. The number of benzene rings is 1. The van der Waals surface area contributed by atoms with Crippen LogP contribution in [0.25, 0.3) is 0 Å². The molecule has 0 spiro atoms. The van der Waals surface area contributed by atoms with Crippen LogP contribution in [0.4, 0.5) is 8.78 Å². The third-order valence-corrected chi connectivity index (χ3v) is 2.19. The van der Waals surface area contributed by atoms with Gasteiger partial charge in [-0.05, 0) is 24.4 Å². The molecule has 0 radical (unpaired) electrons. The predicted molar refractivity (Wildman–Crippen MR) is 57.5 cm³/mol. The summed E-state index contributed by atoms with van der Waals surface area (Å²) in [6, 6.07) is 2.52. The molecule has 1 heterocycles. The van der Waals surface area contributed by atoms with E-state index in [1.807, 2.05) is 0 Å². The lowest BCUT2D eigenvalue weighted by Gasteiger charge is -2.04. The van der Waals surface area contributed by atoms with Crippen molar-refractivity contribution in [2.75, 3.05) is 5.43 Å². The quantitative estimate of drug-likeness (QED) is 0.802. The van der Waals surface area contributed by atoms with Crippen molar-refractivity contribution in [2.24, 2.45) is 0 Å². The molecular formula is C9H6F2N4OS. The second kappa shape index (κ2) is 4.42. The van der Waals surface area contributed by atoms with Gasteiger partial charge in [-0.25, -0.2) is 13.5 Å². The average Bonchev–Trinajstić information content (AvgIpc) is 2.63. The van der Waals surface area contributed by atoms with Crippen LogP contribution in [0.5, 0.6) is 0 Å². The van der Waals surface area contributed by atoms with Gasteiger partial charge in [0, 0.05) is 11.6 Å². The number of H-pyrrole nitrogens is 1. The van der Waals surface area contributed by atoms with Gasteiger partial charge in [-0.15, -0.1) is 0 Å². The van der Waals surface area contributed by atoms with Gasteiger partial charge in [-0.3, -0.25) is 15.3 Å². The van der Waals surface area contributed by atoms with E-state index in [1.165, 1.54) is 6.33 Å². The summed E-state index contributed by atoms with van der Waals surface area (Å²) in [6.07, 6.45) is 1.23. The molecule has 1 aromatic carbocycles. The first-order chi connectivity index (χ1) is 8.06. The molecule has 8 heteroatoms. The second-order valence-corrected chi connectivity index (χ2v) is 3.52. The number of carbonyl (C=O) groups is 1. The maximum atomic E-state index is 12.9.